The fraction of sp³-hybridized carbons (Fsp3) is 0.286. The Labute approximate surface area is 224 Å². The van der Waals surface area contributed by atoms with Crippen LogP contribution in [0, 0.1) is 20.2 Å². The van der Waals surface area contributed by atoms with Gasteiger partial charge < -0.3 is 35.9 Å². The predicted molar refractivity (Wildman–Crippen MR) is 140 cm³/mol. The number of nitro benzene ring substituents is 2. The summed E-state index contributed by atoms with van der Waals surface area (Å²) in [7, 11) is 3.90. The molecule has 17 heteroatoms. The molecule has 0 fully saturated rings. The smallest absolute Gasteiger partial charge is 0.325 e. The van der Waals surface area contributed by atoms with E-state index in [2.05, 4.69) is 30.7 Å². The summed E-state index contributed by atoms with van der Waals surface area (Å²) in [5, 5.41) is 23.4. The number of nitrogen functional groups attached to an aromatic ring is 2. The monoisotopic (exact) mass is 600 g/mol. The van der Waals surface area contributed by atoms with Gasteiger partial charge in [0.05, 0.1) is 58.8 Å². The highest BCUT2D eigenvalue weighted by Gasteiger charge is 2.22. The maximum Gasteiger partial charge on any atom is 0.325 e. The minimum atomic E-state index is -0.771. The highest BCUT2D eigenvalue weighted by atomic mass is 79.9. The minimum absolute atomic E-state index is 0.124. The molecule has 1 amide bonds. The zero-order valence-electron chi connectivity index (χ0n) is 20.7. The van der Waals surface area contributed by atoms with E-state index in [4.69, 9.17) is 16.2 Å². The third kappa shape index (κ3) is 8.77. The van der Waals surface area contributed by atoms with E-state index >= 15 is 0 Å². The average Bonchev–Trinajstić information content (AvgIpc) is 2.85. The van der Waals surface area contributed by atoms with Gasteiger partial charge in [0.2, 0.25) is 5.91 Å². The second kappa shape index (κ2) is 14.2. The standard InChI is InChI=1S/C15H21N3O6.C6H4BrN3O4/c1-9(19)17-11-6-12(13(22-2)5-10(11)16)18(7-14(20)23-3)8-15(21)24-4;7-4-1-3(9(11)12)2-5(6(4)8)10(13)14/h5-6H,7-8,16H2,1-4H3,(H,17,19);1-2H,8H2. The van der Waals surface area contributed by atoms with E-state index in [1.165, 1.54) is 45.3 Å². The Hall–Kier alpha value is -4.67. The second-order valence-electron chi connectivity index (χ2n) is 7.18. The van der Waals surface area contributed by atoms with Crippen molar-refractivity contribution in [2.75, 3.05) is 56.1 Å². The van der Waals surface area contributed by atoms with E-state index in [0.717, 1.165) is 12.1 Å². The molecule has 5 N–H and O–H groups in total. The van der Waals surface area contributed by atoms with Crippen LogP contribution in [0.25, 0.3) is 0 Å². The maximum absolute atomic E-state index is 11.6. The first-order valence-electron chi connectivity index (χ1n) is 10.3. The van der Waals surface area contributed by atoms with Gasteiger partial charge in [-0.2, -0.15) is 0 Å². The number of nitrogens with one attached hydrogen (secondary N) is 1. The molecule has 38 heavy (non-hydrogen) atoms. The zero-order chi connectivity index (χ0) is 29.2. The number of benzene rings is 2. The number of hydrogen-bond acceptors (Lipinski definition) is 13. The normalized spacial score (nSPS) is 9.82. The third-order valence-electron chi connectivity index (χ3n) is 4.60. The van der Waals surface area contributed by atoms with Crippen LogP contribution in [0.5, 0.6) is 5.75 Å². The number of methoxy groups -OCH3 is 3. The van der Waals surface area contributed by atoms with Crippen molar-refractivity contribution in [3.8, 4) is 5.75 Å². The molecule has 206 valence electrons. The fourth-order valence-electron chi connectivity index (χ4n) is 2.81. The number of rotatable bonds is 9. The summed E-state index contributed by atoms with van der Waals surface area (Å²) in [5.74, 6) is -1.10. The molecular weight excluding hydrogens is 576 g/mol. The van der Waals surface area contributed by atoms with Gasteiger partial charge in [0.25, 0.3) is 11.4 Å². The molecule has 0 aliphatic heterocycles. The molecule has 0 aliphatic rings. The van der Waals surface area contributed by atoms with Crippen molar-refractivity contribution in [2.45, 2.75) is 6.92 Å². The van der Waals surface area contributed by atoms with Crippen molar-refractivity contribution in [3.05, 3.63) is 49.0 Å². The molecule has 0 heterocycles. The molecule has 0 atom stereocenters. The molecule has 2 rings (SSSR count). The van der Waals surface area contributed by atoms with Crippen LogP contribution in [0.4, 0.5) is 34.1 Å². The number of non-ortho nitro benzene ring substituents is 1. The van der Waals surface area contributed by atoms with E-state index in [9.17, 15) is 34.6 Å². The maximum atomic E-state index is 11.6. The van der Waals surface area contributed by atoms with Crippen molar-refractivity contribution >= 4 is 67.9 Å². The number of carbonyl (C=O) groups is 3. The number of carbonyl (C=O) groups excluding carboxylic acids is 3. The van der Waals surface area contributed by atoms with Gasteiger partial charge in [-0.15, -0.1) is 0 Å². The first-order chi connectivity index (χ1) is 17.7. The lowest BCUT2D eigenvalue weighted by Crippen LogP contribution is -2.36. The quantitative estimate of drug-likeness (QED) is 0.162. The van der Waals surface area contributed by atoms with Gasteiger partial charge in [-0.25, -0.2) is 0 Å². The summed E-state index contributed by atoms with van der Waals surface area (Å²) in [4.78, 5) is 55.3. The van der Waals surface area contributed by atoms with Crippen LogP contribution < -0.4 is 26.4 Å². The van der Waals surface area contributed by atoms with Crippen LogP contribution in [-0.4, -0.2) is 62.1 Å². The topological polar surface area (TPSA) is 232 Å². The Balaban J connectivity index is 0.000000437. The van der Waals surface area contributed by atoms with Crippen molar-refractivity contribution in [2.24, 2.45) is 0 Å². The van der Waals surface area contributed by atoms with E-state index in [1.807, 2.05) is 0 Å². The zero-order valence-corrected chi connectivity index (χ0v) is 22.3. The second-order valence-corrected chi connectivity index (χ2v) is 8.03. The van der Waals surface area contributed by atoms with Crippen molar-refractivity contribution in [3.63, 3.8) is 0 Å². The van der Waals surface area contributed by atoms with Gasteiger partial charge in [0.1, 0.15) is 24.5 Å². The first-order valence-corrected chi connectivity index (χ1v) is 11.1. The predicted octanol–water partition coefficient (Wildman–Crippen LogP) is 2.24. The number of esters is 2. The van der Waals surface area contributed by atoms with Crippen LogP contribution in [0.1, 0.15) is 6.92 Å². The van der Waals surface area contributed by atoms with Crippen LogP contribution in [0.3, 0.4) is 0 Å². The number of nitrogens with two attached hydrogens (primary N) is 2. The number of hydrogen-bond donors (Lipinski definition) is 3. The minimum Gasteiger partial charge on any atom is -0.495 e. The highest BCUT2D eigenvalue weighted by molar-refractivity contribution is 9.10. The summed E-state index contributed by atoms with van der Waals surface area (Å²) in [6, 6.07) is 4.94. The van der Waals surface area contributed by atoms with Crippen molar-refractivity contribution in [1.82, 2.24) is 0 Å². The molecule has 0 saturated carbocycles. The number of anilines is 4. The number of nitro groups is 2. The summed E-state index contributed by atoms with van der Waals surface area (Å²) >= 11 is 2.90. The lowest BCUT2D eigenvalue weighted by molar-refractivity contribution is -0.393. The molecule has 0 saturated heterocycles. The van der Waals surface area contributed by atoms with Crippen LogP contribution in [-0.2, 0) is 23.9 Å². The Bertz CT molecular complexity index is 1220. The van der Waals surface area contributed by atoms with Gasteiger partial charge in [0, 0.05) is 19.1 Å². The van der Waals surface area contributed by atoms with Crippen LogP contribution in [0.2, 0.25) is 0 Å². The van der Waals surface area contributed by atoms with Gasteiger partial charge >= 0.3 is 11.9 Å². The molecule has 0 bridgehead atoms. The van der Waals surface area contributed by atoms with Gasteiger partial charge in [-0.05, 0) is 22.0 Å². The third-order valence-corrected chi connectivity index (χ3v) is 5.25. The van der Waals surface area contributed by atoms with Gasteiger partial charge in [-0.3, -0.25) is 34.6 Å². The van der Waals surface area contributed by atoms with Crippen LogP contribution >= 0.6 is 15.9 Å². The number of amides is 1. The molecule has 0 spiro atoms. The first kappa shape index (κ1) is 31.4. The molecule has 16 nitrogen and oxygen atoms in total. The van der Waals surface area contributed by atoms with E-state index in [1.54, 1.807) is 0 Å². The summed E-state index contributed by atoms with van der Waals surface area (Å²) in [6.45, 7) is 0.904. The number of nitrogens with zero attached hydrogens (tertiary/aromatic N) is 3. The highest BCUT2D eigenvalue weighted by Crippen LogP contribution is 2.36. The average molecular weight is 601 g/mol. The largest absolute Gasteiger partial charge is 0.495 e. The van der Waals surface area contributed by atoms with Crippen molar-refractivity contribution in [1.29, 1.82) is 0 Å². The van der Waals surface area contributed by atoms with Crippen LogP contribution in [0.15, 0.2) is 28.7 Å². The molecule has 0 aliphatic carbocycles. The van der Waals surface area contributed by atoms with E-state index < -0.39 is 27.5 Å². The SMILES string of the molecule is COC(=O)CN(CC(=O)OC)c1cc(NC(C)=O)c(N)cc1OC.Nc1c(Br)cc([N+](=O)[O-])cc1[N+](=O)[O-]. The lowest BCUT2D eigenvalue weighted by Gasteiger charge is -2.25. The molecule has 2 aromatic rings. The summed E-state index contributed by atoms with van der Waals surface area (Å²) in [5.41, 5.74) is 11.2. The molecule has 0 unspecified atom stereocenters. The Morgan fingerprint density at radius 3 is 1.95 bits per heavy atom. The summed E-state index contributed by atoms with van der Waals surface area (Å²) in [6.07, 6.45) is 0. The number of ether oxygens (including phenoxy) is 3. The Morgan fingerprint density at radius 2 is 1.53 bits per heavy atom. The lowest BCUT2D eigenvalue weighted by atomic mass is 10.2. The molecular formula is C21H25BrN6O10. The van der Waals surface area contributed by atoms with E-state index in [0.29, 0.717) is 17.1 Å². The molecule has 0 aromatic heterocycles. The fourth-order valence-corrected chi connectivity index (χ4v) is 3.24. The number of halogens is 1. The Morgan fingerprint density at radius 1 is 0.974 bits per heavy atom. The van der Waals surface area contributed by atoms with E-state index in [-0.39, 0.29) is 40.5 Å². The molecule has 0 radical (unpaired) electrons. The van der Waals surface area contributed by atoms with Gasteiger partial charge in [0.15, 0.2) is 0 Å². The van der Waals surface area contributed by atoms with Crippen molar-refractivity contribution < 1.29 is 38.4 Å². The molecule has 2 aromatic carbocycles. The van der Waals surface area contributed by atoms with Gasteiger partial charge in [-0.1, -0.05) is 0 Å². The summed E-state index contributed by atoms with van der Waals surface area (Å²) < 4.78 is 14.7. The Kier molecular flexibility index (Phi) is 11.7.